The van der Waals surface area contributed by atoms with Gasteiger partial charge >= 0.3 is 0 Å². The van der Waals surface area contributed by atoms with Crippen LogP contribution in [-0.4, -0.2) is 44.8 Å². The number of amides is 2. The fourth-order valence-electron chi connectivity index (χ4n) is 4.84. The summed E-state index contributed by atoms with van der Waals surface area (Å²) >= 11 is 12.7. The minimum absolute atomic E-state index is 0.0472. The summed E-state index contributed by atoms with van der Waals surface area (Å²) in [5.74, 6) is -0.963. The second kappa shape index (κ2) is 14.6. The number of rotatable bonds is 12. The zero-order valence-electron chi connectivity index (χ0n) is 23.9. The number of likely N-dealkylation sites (N-methyl/N-ethyl adjacent to an activating group) is 1. The molecular weight excluding hydrogens is 605 g/mol. The van der Waals surface area contributed by atoms with Crippen LogP contribution in [0.2, 0.25) is 10.0 Å². The fraction of sp³-hybridized carbons (Fsp3) is 0.212. The first-order valence-corrected chi connectivity index (χ1v) is 16.0. The highest BCUT2D eigenvalue weighted by Crippen LogP contribution is 2.29. The summed E-state index contributed by atoms with van der Waals surface area (Å²) in [5.41, 5.74) is 2.55. The molecule has 0 spiro atoms. The summed E-state index contributed by atoms with van der Waals surface area (Å²) in [5, 5.41) is 3.42. The smallest absolute Gasteiger partial charge is 0.264 e. The van der Waals surface area contributed by atoms with E-state index in [1.807, 2.05) is 49.4 Å². The highest BCUT2D eigenvalue weighted by atomic mass is 35.5. The molecule has 0 aliphatic rings. The fourth-order valence-corrected chi connectivity index (χ4v) is 6.78. The van der Waals surface area contributed by atoms with Crippen LogP contribution >= 0.6 is 23.2 Å². The maximum absolute atomic E-state index is 14.4. The highest BCUT2D eigenvalue weighted by molar-refractivity contribution is 7.92. The molecule has 224 valence electrons. The number of aryl methyl sites for hydroxylation is 1. The van der Waals surface area contributed by atoms with Crippen molar-refractivity contribution in [3.05, 3.63) is 130 Å². The average molecular weight is 639 g/mol. The van der Waals surface area contributed by atoms with Gasteiger partial charge in [-0.1, -0.05) is 103 Å². The molecule has 4 aromatic carbocycles. The Morgan fingerprint density at radius 1 is 0.837 bits per heavy atom. The van der Waals surface area contributed by atoms with E-state index in [4.69, 9.17) is 23.2 Å². The number of hydrogen-bond acceptors (Lipinski definition) is 4. The quantitative estimate of drug-likeness (QED) is 0.202. The third-order valence-corrected chi connectivity index (χ3v) is 9.49. The largest absolute Gasteiger partial charge is 0.357 e. The number of benzene rings is 4. The van der Waals surface area contributed by atoms with E-state index >= 15 is 0 Å². The van der Waals surface area contributed by atoms with Crippen LogP contribution in [0.25, 0.3) is 0 Å². The van der Waals surface area contributed by atoms with Gasteiger partial charge in [0.1, 0.15) is 12.6 Å². The van der Waals surface area contributed by atoms with E-state index in [0.717, 1.165) is 15.4 Å². The van der Waals surface area contributed by atoms with Crippen molar-refractivity contribution in [2.45, 2.75) is 37.2 Å². The molecule has 0 saturated carbocycles. The number of nitrogens with zero attached hydrogens (tertiary/aromatic N) is 2. The Morgan fingerprint density at radius 2 is 1.47 bits per heavy atom. The first-order chi connectivity index (χ1) is 20.6. The number of anilines is 1. The van der Waals surface area contributed by atoms with Crippen molar-refractivity contribution in [2.75, 3.05) is 17.9 Å². The lowest BCUT2D eigenvalue weighted by atomic mass is 10.0. The van der Waals surface area contributed by atoms with E-state index in [-0.39, 0.29) is 17.9 Å². The lowest BCUT2D eigenvalue weighted by Crippen LogP contribution is -2.53. The molecule has 43 heavy (non-hydrogen) atoms. The summed E-state index contributed by atoms with van der Waals surface area (Å²) in [4.78, 5) is 29.2. The van der Waals surface area contributed by atoms with Crippen molar-refractivity contribution in [3.63, 3.8) is 0 Å². The molecule has 0 radical (unpaired) electrons. The summed E-state index contributed by atoms with van der Waals surface area (Å²) in [6.45, 7) is 1.33. The molecule has 4 rings (SSSR count). The van der Waals surface area contributed by atoms with Crippen LogP contribution in [0, 0.1) is 0 Å². The molecule has 1 atom stereocenters. The molecular formula is C33H33Cl2N3O4S. The minimum Gasteiger partial charge on any atom is -0.357 e. The first-order valence-electron chi connectivity index (χ1n) is 13.8. The van der Waals surface area contributed by atoms with Gasteiger partial charge in [-0.15, -0.1) is 0 Å². The number of sulfonamides is 1. The van der Waals surface area contributed by atoms with Crippen LogP contribution in [0.15, 0.2) is 108 Å². The molecule has 1 N–H and O–H groups in total. The molecule has 4 aromatic rings. The van der Waals surface area contributed by atoms with Crippen molar-refractivity contribution in [3.8, 4) is 0 Å². The van der Waals surface area contributed by atoms with Crippen molar-refractivity contribution in [1.82, 2.24) is 10.2 Å². The second-order valence-corrected chi connectivity index (χ2v) is 12.6. The van der Waals surface area contributed by atoms with Crippen molar-refractivity contribution < 1.29 is 18.0 Å². The van der Waals surface area contributed by atoms with Crippen molar-refractivity contribution >= 4 is 50.7 Å². The molecule has 0 heterocycles. The maximum Gasteiger partial charge on any atom is 0.264 e. The van der Waals surface area contributed by atoms with Crippen LogP contribution in [0.4, 0.5) is 5.69 Å². The third kappa shape index (κ3) is 7.76. The summed E-state index contributed by atoms with van der Waals surface area (Å²) in [7, 11) is -2.67. The third-order valence-electron chi connectivity index (χ3n) is 7.12. The standard InChI is InChI=1S/C33H33Cl2N3O4S/c1-3-25-14-10-11-17-30(25)38(43(41,42)28-15-8-5-9-16-28)23-32(39)37(22-26-18-19-27(34)21-29(26)35)31(33(40)36-2)20-24-12-6-4-7-13-24/h4-19,21,31H,3,20,22-23H2,1-2H3,(H,36,40). The molecule has 0 saturated heterocycles. The van der Waals surface area contributed by atoms with Gasteiger partial charge < -0.3 is 10.2 Å². The Morgan fingerprint density at radius 3 is 2.09 bits per heavy atom. The number of halogens is 2. The monoisotopic (exact) mass is 637 g/mol. The predicted octanol–water partition coefficient (Wildman–Crippen LogP) is 6.14. The first kappa shape index (κ1) is 32.1. The van der Waals surface area contributed by atoms with Gasteiger partial charge in [-0.25, -0.2) is 8.42 Å². The minimum atomic E-state index is -4.17. The van der Waals surface area contributed by atoms with Crippen LogP contribution in [0.1, 0.15) is 23.6 Å². The summed E-state index contributed by atoms with van der Waals surface area (Å²) in [6.07, 6.45) is 0.749. The van der Waals surface area contributed by atoms with Gasteiger partial charge in [0.15, 0.2) is 0 Å². The van der Waals surface area contributed by atoms with Crippen LogP contribution in [0.3, 0.4) is 0 Å². The number of carbonyl (C=O) groups excluding carboxylic acids is 2. The molecule has 2 amide bonds. The normalized spacial score (nSPS) is 11.9. The van der Waals surface area contributed by atoms with Gasteiger partial charge in [0, 0.05) is 30.1 Å². The Labute approximate surface area is 263 Å². The number of para-hydroxylation sites is 1. The van der Waals surface area contributed by atoms with Crippen LogP contribution in [-0.2, 0) is 39.0 Å². The molecule has 0 fully saturated rings. The van der Waals surface area contributed by atoms with Gasteiger partial charge in [0.05, 0.1) is 10.6 Å². The van der Waals surface area contributed by atoms with Crippen molar-refractivity contribution in [2.24, 2.45) is 0 Å². The van der Waals surface area contributed by atoms with E-state index in [1.54, 1.807) is 48.5 Å². The summed E-state index contributed by atoms with van der Waals surface area (Å²) < 4.78 is 29.3. The van der Waals surface area contributed by atoms with E-state index in [2.05, 4.69) is 5.32 Å². The van der Waals surface area contributed by atoms with Crippen LogP contribution in [0.5, 0.6) is 0 Å². The molecule has 0 aliphatic heterocycles. The van der Waals surface area contributed by atoms with Gasteiger partial charge in [0.25, 0.3) is 10.0 Å². The molecule has 1 unspecified atom stereocenters. The van der Waals surface area contributed by atoms with E-state index in [0.29, 0.717) is 27.7 Å². The van der Waals surface area contributed by atoms with Gasteiger partial charge in [-0.3, -0.25) is 13.9 Å². The summed E-state index contributed by atoms with van der Waals surface area (Å²) in [6, 6.07) is 28.3. The topological polar surface area (TPSA) is 86.8 Å². The van der Waals surface area contributed by atoms with E-state index in [9.17, 15) is 18.0 Å². The molecule has 0 aliphatic carbocycles. The lowest BCUT2D eigenvalue weighted by molar-refractivity contribution is -0.139. The van der Waals surface area contributed by atoms with Crippen molar-refractivity contribution in [1.29, 1.82) is 0 Å². The Bertz CT molecular complexity index is 1670. The number of nitrogens with one attached hydrogen (secondary N) is 1. The Hall–Kier alpha value is -3.85. The van der Waals surface area contributed by atoms with Gasteiger partial charge in [0.2, 0.25) is 11.8 Å². The van der Waals surface area contributed by atoms with Crippen LogP contribution < -0.4 is 9.62 Å². The molecule has 0 aromatic heterocycles. The molecule has 7 nitrogen and oxygen atoms in total. The second-order valence-electron chi connectivity index (χ2n) is 9.88. The zero-order chi connectivity index (χ0) is 31.0. The van der Waals surface area contributed by atoms with E-state index < -0.39 is 34.4 Å². The lowest BCUT2D eigenvalue weighted by Gasteiger charge is -2.34. The Kier molecular flexibility index (Phi) is 10.9. The number of hydrogen-bond donors (Lipinski definition) is 1. The maximum atomic E-state index is 14.4. The molecule has 0 bridgehead atoms. The molecule has 10 heteroatoms. The zero-order valence-corrected chi connectivity index (χ0v) is 26.2. The van der Waals surface area contributed by atoms with Gasteiger partial charge in [-0.2, -0.15) is 0 Å². The van der Waals surface area contributed by atoms with E-state index in [1.165, 1.54) is 24.1 Å². The number of carbonyl (C=O) groups is 2. The average Bonchev–Trinajstić information content (AvgIpc) is 3.02. The SMILES string of the molecule is CCc1ccccc1N(CC(=O)N(Cc1ccc(Cl)cc1Cl)C(Cc1ccccc1)C(=O)NC)S(=O)(=O)c1ccccc1. The van der Waals surface area contributed by atoms with Gasteiger partial charge in [-0.05, 0) is 53.4 Å². The Balaban J connectivity index is 1.83. The predicted molar refractivity (Wildman–Crippen MR) is 172 cm³/mol. The highest BCUT2D eigenvalue weighted by Gasteiger charge is 2.35.